The maximum Gasteiger partial charge on any atom is 0.0540 e. The summed E-state index contributed by atoms with van der Waals surface area (Å²) in [7, 11) is 0. The van der Waals surface area contributed by atoms with Crippen LogP contribution in [0.4, 0.5) is 17.1 Å². The van der Waals surface area contributed by atoms with E-state index >= 15 is 0 Å². The van der Waals surface area contributed by atoms with Crippen molar-refractivity contribution < 1.29 is 0 Å². The monoisotopic (exact) mass is 715 g/mol. The molecule has 0 unspecified atom stereocenters. The Balaban J connectivity index is 1.04. The molecule has 9 aromatic rings. The highest BCUT2D eigenvalue weighted by molar-refractivity contribution is 6.06. The van der Waals surface area contributed by atoms with Crippen molar-refractivity contribution in [3.05, 3.63) is 223 Å². The van der Waals surface area contributed by atoms with Gasteiger partial charge in [0.15, 0.2) is 0 Å². The smallest absolute Gasteiger partial charge is 0.0540 e. The van der Waals surface area contributed by atoms with E-state index < -0.39 is 0 Å². The average molecular weight is 716 g/mol. The van der Waals surface area contributed by atoms with E-state index in [4.69, 9.17) is 0 Å². The maximum atomic E-state index is 2.43. The van der Waals surface area contributed by atoms with Gasteiger partial charge in [-0.15, -0.1) is 0 Å². The predicted octanol–water partition coefficient (Wildman–Crippen LogP) is 15.3. The molecule has 0 fully saturated rings. The van der Waals surface area contributed by atoms with Gasteiger partial charge in [0.25, 0.3) is 0 Å². The fourth-order valence-electron chi connectivity index (χ4n) is 8.87. The van der Waals surface area contributed by atoms with Gasteiger partial charge in [-0.25, -0.2) is 0 Å². The SMILES string of the molecule is CC1(C)c2ccccc2-c2ccc(N(c3ccc(-c4ccc(-c5cccc6cccc(-c7ccccc7)c56)cc4)cc3)c3ccccc3-c3ccccc3)cc21. The number of rotatable bonds is 7. The Kier molecular flexibility index (Phi) is 8.23. The number of anilines is 3. The lowest BCUT2D eigenvalue weighted by atomic mass is 9.82. The van der Waals surface area contributed by atoms with Gasteiger partial charge < -0.3 is 4.90 Å². The van der Waals surface area contributed by atoms with E-state index in [2.05, 4.69) is 231 Å². The zero-order valence-corrected chi connectivity index (χ0v) is 31.7. The highest BCUT2D eigenvalue weighted by Crippen LogP contribution is 2.51. The summed E-state index contributed by atoms with van der Waals surface area (Å²) in [5, 5.41) is 2.53. The molecule has 1 aliphatic carbocycles. The van der Waals surface area contributed by atoms with Crippen LogP contribution in [0.25, 0.3) is 66.4 Å². The molecule has 0 aliphatic heterocycles. The number of fused-ring (bicyclic) bond motifs is 4. The van der Waals surface area contributed by atoms with Crippen molar-refractivity contribution in [1.29, 1.82) is 0 Å². The van der Waals surface area contributed by atoms with Crippen molar-refractivity contribution in [2.24, 2.45) is 0 Å². The molecule has 9 aromatic carbocycles. The van der Waals surface area contributed by atoms with Crippen LogP contribution >= 0.6 is 0 Å². The van der Waals surface area contributed by atoms with E-state index in [9.17, 15) is 0 Å². The third kappa shape index (κ3) is 5.72. The minimum atomic E-state index is -0.0995. The van der Waals surface area contributed by atoms with Crippen molar-refractivity contribution in [3.8, 4) is 55.6 Å². The quantitative estimate of drug-likeness (QED) is 0.159. The molecule has 266 valence electrons. The molecule has 0 saturated heterocycles. The van der Waals surface area contributed by atoms with Crippen LogP contribution in [-0.2, 0) is 5.41 Å². The van der Waals surface area contributed by atoms with Crippen LogP contribution in [0, 0.1) is 0 Å². The Hall–Kier alpha value is -6.96. The maximum absolute atomic E-state index is 2.43. The fraction of sp³-hybridized carbons (Fsp3) is 0.0545. The average Bonchev–Trinajstić information content (AvgIpc) is 3.49. The summed E-state index contributed by atoms with van der Waals surface area (Å²) >= 11 is 0. The first-order valence-electron chi connectivity index (χ1n) is 19.5. The summed E-state index contributed by atoms with van der Waals surface area (Å²) < 4.78 is 0. The Morgan fingerprint density at radius 1 is 0.321 bits per heavy atom. The second-order valence-electron chi connectivity index (χ2n) is 15.3. The third-order valence-electron chi connectivity index (χ3n) is 11.7. The predicted molar refractivity (Wildman–Crippen MR) is 238 cm³/mol. The largest absolute Gasteiger partial charge is 0.310 e. The molecular weight excluding hydrogens is 675 g/mol. The first-order chi connectivity index (χ1) is 27.5. The molecular formula is C55H41N. The molecule has 0 N–H and O–H groups in total. The standard InChI is InChI=1S/C55H41N/c1-55(2)51-25-11-9-22-49(51)50-36-35-45(37-52(50)55)56(53-26-12-10-21-46(53)40-15-5-3-6-16-40)44-33-31-39(32-34-44)38-27-29-42(30-28-38)48-24-14-20-43-19-13-23-47(54(43)48)41-17-7-4-8-18-41/h3-37H,1-2H3. The van der Waals surface area contributed by atoms with Crippen LogP contribution in [0.3, 0.4) is 0 Å². The van der Waals surface area contributed by atoms with Gasteiger partial charge in [-0.05, 0) is 102 Å². The van der Waals surface area contributed by atoms with Crippen molar-refractivity contribution in [2.45, 2.75) is 19.3 Å². The first-order valence-corrected chi connectivity index (χ1v) is 19.5. The molecule has 0 saturated carbocycles. The van der Waals surface area contributed by atoms with Crippen LogP contribution in [0.1, 0.15) is 25.0 Å². The molecule has 0 atom stereocenters. The normalized spacial score (nSPS) is 12.6. The highest BCUT2D eigenvalue weighted by atomic mass is 15.1. The minimum absolute atomic E-state index is 0.0995. The lowest BCUT2D eigenvalue weighted by Gasteiger charge is -2.30. The van der Waals surface area contributed by atoms with Gasteiger partial charge in [-0.3, -0.25) is 0 Å². The zero-order valence-electron chi connectivity index (χ0n) is 31.7. The molecule has 0 radical (unpaired) electrons. The lowest BCUT2D eigenvalue weighted by molar-refractivity contribution is 0.660. The highest BCUT2D eigenvalue weighted by Gasteiger charge is 2.35. The Bertz CT molecular complexity index is 2840. The molecule has 56 heavy (non-hydrogen) atoms. The molecule has 0 bridgehead atoms. The minimum Gasteiger partial charge on any atom is -0.310 e. The van der Waals surface area contributed by atoms with E-state index in [-0.39, 0.29) is 5.41 Å². The van der Waals surface area contributed by atoms with Crippen LogP contribution < -0.4 is 4.90 Å². The second-order valence-corrected chi connectivity index (χ2v) is 15.3. The van der Waals surface area contributed by atoms with E-state index in [0.717, 1.165) is 17.1 Å². The fourth-order valence-corrected chi connectivity index (χ4v) is 8.87. The Morgan fingerprint density at radius 3 is 1.45 bits per heavy atom. The third-order valence-corrected chi connectivity index (χ3v) is 11.7. The van der Waals surface area contributed by atoms with Crippen molar-refractivity contribution in [2.75, 3.05) is 4.90 Å². The number of benzene rings is 9. The second kappa shape index (κ2) is 13.7. The number of nitrogens with zero attached hydrogens (tertiary/aromatic N) is 1. The summed E-state index contributed by atoms with van der Waals surface area (Å²) in [4.78, 5) is 2.43. The molecule has 1 nitrogen and oxygen atoms in total. The molecule has 0 aromatic heterocycles. The van der Waals surface area contributed by atoms with E-state index in [1.165, 1.54) is 77.5 Å². The summed E-state index contributed by atoms with van der Waals surface area (Å²) in [6.45, 7) is 4.71. The van der Waals surface area contributed by atoms with E-state index in [0.29, 0.717) is 0 Å². The summed E-state index contributed by atoms with van der Waals surface area (Å²) in [5.41, 5.74) is 18.4. The Labute approximate surface area is 329 Å². The zero-order chi connectivity index (χ0) is 37.6. The summed E-state index contributed by atoms with van der Waals surface area (Å²) in [6.07, 6.45) is 0. The Morgan fingerprint density at radius 2 is 0.786 bits per heavy atom. The van der Waals surface area contributed by atoms with Crippen LogP contribution in [0.2, 0.25) is 0 Å². The van der Waals surface area contributed by atoms with Crippen molar-refractivity contribution in [1.82, 2.24) is 0 Å². The summed E-state index contributed by atoms with van der Waals surface area (Å²) in [6, 6.07) is 77.5. The van der Waals surface area contributed by atoms with Crippen molar-refractivity contribution >= 4 is 27.8 Å². The molecule has 0 spiro atoms. The molecule has 0 heterocycles. The molecule has 10 rings (SSSR count). The number of hydrogen-bond acceptors (Lipinski definition) is 1. The summed E-state index contributed by atoms with van der Waals surface area (Å²) in [5.74, 6) is 0. The van der Waals surface area contributed by atoms with Gasteiger partial charge in [-0.2, -0.15) is 0 Å². The molecule has 1 aliphatic rings. The van der Waals surface area contributed by atoms with Gasteiger partial charge in [-0.1, -0.05) is 196 Å². The molecule has 0 amide bonds. The molecule has 1 heteroatoms. The topological polar surface area (TPSA) is 3.24 Å². The van der Waals surface area contributed by atoms with Gasteiger partial charge >= 0.3 is 0 Å². The van der Waals surface area contributed by atoms with E-state index in [1.807, 2.05) is 0 Å². The first kappa shape index (κ1) is 33.6. The van der Waals surface area contributed by atoms with Gasteiger partial charge in [0.05, 0.1) is 5.69 Å². The van der Waals surface area contributed by atoms with Gasteiger partial charge in [0.2, 0.25) is 0 Å². The van der Waals surface area contributed by atoms with Gasteiger partial charge in [0.1, 0.15) is 0 Å². The van der Waals surface area contributed by atoms with Crippen LogP contribution in [-0.4, -0.2) is 0 Å². The lowest BCUT2D eigenvalue weighted by Crippen LogP contribution is -2.16. The van der Waals surface area contributed by atoms with Gasteiger partial charge in [0, 0.05) is 22.4 Å². The van der Waals surface area contributed by atoms with Crippen LogP contribution in [0.5, 0.6) is 0 Å². The van der Waals surface area contributed by atoms with E-state index in [1.54, 1.807) is 0 Å². The number of para-hydroxylation sites is 1. The van der Waals surface area contributed by atoms with Crippen molar-refractivity contribution in [3.63, 3.8) is 0 Å². The number of hydrogen-bond donors (Lipinski definition) is 0. The van der Waals surface area contributed by atoms with Crippen LogP contribution in [0.15, 0.2) is 212 Å².